The van der Waals surface area contributed by atoms with Crippen molar-refractivity contribution in [3.8, 4) is 0 Å². The molecule has 1 unspecified atom stereocenters. The Balaban J connectivity index is 1.64. The van der Waals surface area contributed by atoms with Crippen molar-refractivity contribution in [1.29, 1.82) is 0 Å². The lowest BCUT2D eigenvalue weighted by molar-refractivity contribution is -0.131. The van der Waals surface area contributed by atoms with Crippen LogP contribution < -0.4 is 5.32 Å². The molecule has 1 saturated heterocycles. The molecule has 1 aromatic carbocycles. The lowest BCUT2D eigenvalue weighted by Crippen LogP contribution is -2.40. The number of hydrogen-bond donors (Lipinski definition) is 1. The Kier molecular flexibility index (Phi) is 6.53. The van der Waals surface area contributed by atoms with Crippen molar-refractivity contribution in [2.45, 2.75) is 56.0 Å². The monoisotopic (exact) mass is 390 g/mol. The minimum absolute atomic E-state index is 0.126. The van der Waals surface area contributed by atoms with E-state index in [0.29, 0.717) is 0 Å². The standard InChI is InChI=1S/C19H26N4OS2/c1-4-15-10-8-9-13(2)16(15)20-18-21-22-19(26-18)25-14(3)17(24)23-11-6-5-7-12-23/h8-10,14H,4-7,11-12H2,1-3H3,(H,20,21). The summed E-state index contributed by atoms with van der Waals surface area (Å²) in [5, 5.41) is 12.6. The number of nitrogens with one attached hydrogen (secondary N) is 1. The molecule has 7 heteroatoms. The van der Waals surface area contributed by atoms with Crippen LogP contribution in [0.4, 0.5) is 10.8 Å². The van der Waals surface area contributed by atoms with Crippen LogP contribution in [0.5, 0.6) is 0 Å². The zero-order valence-electron chi connectivity index (χ0n) is 15.6. The van der Waals surface area contributed by atoms with E-state index in [1.807, 2.05) is 11.8 Å². The summed E-state index contributed by atoms with van der Waals surface area (Å²) >= 11 is 3.01. The highest BCUT2D eigenvalue weighted by Gasteiger charge is 2.24. The van der Waals surface area contributed by atoms with E-state index in [1.54, 1.807) is 0 Å². The summed E-state index contributed by atoms with van der Waals surface area (Å²) in [6.45, 7) is 7.99. The van der Waals surface area contributed by atoms with Gasteiger partial charge in [-0.3, -0.25) is 4.79 Å². The fraction of sp³-hybridized carbons (Fsp3) is 0.526. The molecule has 0 spiro atoms. The minimum Gasteiger partial charge on any atom is -0.342 e. The SMILES string of the molecule is CCc1cccc(C)c1Nc1nnc(SC(C)C(=O)N2CCCCC2)s1. The van der Waals surface area contributed by atoms with Gasteiger partial charge in [-0.05, 0) is 50.7 Å². The molecule has 140 valence electrons. The number of aromatic nitrogens is 2. The Morgan fingerprint density at radius 2 is 2.08 bits per heavy atom. The molecule has 0 bridgehead atoms. The lowest BCUT2D eigenvalue weighted by Gasteiger charge is -2.28. The van der Waals surface area contributed by atoms with E-state index >= 15 is 0 Å². The van der Waals surface area contributed by atoms with E-state index in [4.69, 9.17) is 0 Å². The summed E-state index contributed by atoms with van der Waals surface area (Å²) in [4.78, 5) is 14.6. The number of carbonyl (C=O) groups excluding carboxylic acids is 1. The van der Waals surface area contributed by atoms with Crippen LogP contribution in [0.15, 0.2) is 22.5 Å². The number of aryl methyl sites for hydroxylation is 2. The highest BCUT2D eigenvalue weighted by Crippen LogP contribution is 2.33. The quantitative estimate of drug-likeness (QED) is 0.728. The van der Waals surface area contributed by atoms with E-state index < -0.39 is 0 Å². The second kappa shape index (κ2) is 8.86. The van der Waals surface area contributed by atoms with E-state index in [1.165, 1.54) is 40.6 Å². The summed E-state index contributed by atoms with van der Waals surface area (Å²) < 4.78 is 0.831. The number of anilines is 2. The highest BCUT2D eigenvalue weighted by atomic mass is 32.2. The fourth-order valence-electron chi connectivity index (χ4n) is 3.19. The Bertz CT molecular complexity index is 756. The number of benzene rings is 1. The van der Waals surface area contributed by atoms with Crippen LogP contribution in [0, 0.1) is 6.92 Å². The average molecular weight is 391 g/mol. The molecule has 2 heterocycles. The van der Waals surface area contributed by atoms with Crippen molar-refractivity contribution in [2.24, 2.45) is 0 Å². The lowest BCUT2D eigenvalue weighted by atomic mass is 10.1. The van der Waals surface area contributed by atoms with E-state index in [-0.39, 0.29) is 11.2 Å². The summed E-state index contributed by atoms with van der Waals surface area (Å²) in [5.74, 6) is 0.214. The second-order valence-corrected chi connectivity index (χ2v) is 9.17. The molecule has 0 aliphatic carbocycles. The number of hydrogen-bond acceptors (Lipinski definition) is 6. The molecule has 0 saturated carbocycles. The van der Waals surface area contributed by atoms with E-state index in [9.17, 15) is 4.79 Å². The zero-order chi connectivity index (χ0) is 18.5. The van der Waals surface area contributed by atoms with Gasteiger partial charge >= 0.3 is 0 Å². The first-order chi connectivity index (χ1) is 12.6. The predicted molar refractivity (Wildman–Crippen MR) is 109 cm³/mol. The maximum atomic E-state index is 12.6. The van der Waals surface area contributed by atoms with Gasteiger partial charge in [-0.2, -0.15) is 0 Å². The van der Waals surface area contributed by atoms with E-state index in [0.717, 1.165) is 47.5 Å². The number of para-hydroxylation sites is 1. The van der Waals surface area contributed by atoms with Crippen molar-refractivity contribution >= 4 is 39.8 Å². The number of nitrogens with zero attached hydrogens (tertiary/aromatic N) is 3. The number of rotatable bonds is 6. The summed E-state index contributed by atoms with van der Waals surface area (Å²) in [7, 11) is 0. The van der Waals surface area contributed by atoms with Crippen LogP contribution in [0.25, 0.3) is 0 Å². The molecule has 0 radical (unpaired) electrons. The normalized spacial score (nSPS) is 15.7. The molecule has 1 aromatic heterocycles. The van der Waals surface area contributed by atoms with Gasteiger partial charge in [-0.1, -0.05) is 48.2 Å². The third-order valence-electron chi connectivity index (χ3n) is 4.67. The Morgan fingerprint density at radius 1 is 1.31 bits per heavy atom. The van der Waals surface area contributed by atoms with Gasteiger partial charge in [-0.15, -0.1) is 10.2 Å². The van der Waals surface area contributed by atoms with Crippen molar-refractivity contribution < 1.29 is 4.79 Å². The van der Waals surface area contributed by atoms with Gasteiger partial charge < -0.3 is 10.2 Å². The van der Waals surface area contributed by atoms with Gasteiger partial charge in [0.05, 0.1) is 5.25 Å². The van der Waals surface area contributed by atoms with Gasteiger partial charge in [0.15, 0.2) is 4.34 Å². The smallest absolute Gasteiger partial charge is 0.235 e. The molecule has 3 rings (SSSR count). The molecule has 26 heavy (non-hydrogen) atoms. The average Bonchev–Trinajstić information content (AvgIpc) is 3.10. The summed E-state index contributed by atoms with van der Waals surface area (Å²) in [5.41, 5.74) is 3.57. The zero-order valence-corrected chi connectivity index (χ0v) is 17.3. The number of carbonyl (C=O) groups is 1. The molecular weight excluding hydrogens is 364 g/mol. The molecule has 1 atom stereocenters. The van der Waals surface area contributed by atoms with Crippen LogP contribution in [-0.4, -0.2) is 39.3 Å². The maximum absolute atomic E-state index is 12.6. The molecule has 2 aromatic rings. The minimum atomic E-state index is -0.126. The van der Waals surface area contributed by atoms with Gasteiger partial charge in [0.2, 0.25) is 11.0 Å². The molecule has 1 aliphatic heterocycles. The molecule has 1 amide bonds. The van der Waals surface area contributed by atoms with Crippen molar-refractivity contribution in [3.05, 3.63) is 29.3 Å². The van der Waals surface area contributed by atoms with Gasteiger partial charge in [-0.25, -0.2) is 0 Å². The topological polar surface area (TPSA) is 58.1 Å². The van der Waals surface area contributed by atoms with Crippen LogP contribution in [-0.2, 0) is 11.2 Å². The van der Waals surface area contributed by atoms with E-state index in [2.05, 4.69) is 47.6 Å². The largest absolute Gasteiger partial charge is 0.342 e. The van der Waals surface area contributed by atoms with Gasteiger partial charge in [0, 0.05) is 18.8 Å². The molecular formula is C19H26N4OS2. The number of likely N-dealkylation sites (tertiary alicyclic amines) is 1. The first kappa shape index (κ1) is 19.2. The molecule has 1 N–H and O–H groups in total. The first-order valence-corrected chi connectivity index (χ1v) is 10.9. The maximum Gasteiger partial charge on any atom is 0.235 e. The van der Waals surface area contributed by atoms with Gasteiger partial charge in [0.1, 0.15) is 0 Å². The Labute approximate surface area is 163 Å². The van der Waals surface area contributed by atoms with Crippen molar-refractivity contribution in [1.82, 2.24) is 15.1 Å². The van der Waals surface area contributed by atoms with Crippen molar-refractivity contribution in [2.75, 3.05) is 18.4 Å². The number of thioether (sulfide) groups is 1. The van der Waals surface area contributed by atoms with Gasteiger partial charge in [0.25, 0.3) is 0 Å². The molecule has 1 fully saturated rings. The third-order valence-corrected chi connectivity index (χ3v) is 6.68. The predicted octanol–water partition coefficient (Wildman–Crippen LogP) is 4.65. The molecule has 1 aliphatic rings. The van der Waals surface area contributed by atoms with Crippen LogP contribution in [0.1, 0.15) is 44.2 Å². The fourth-order valence-corrected chi connectivity index (χ4v) is 5.17. The summed E-state index contributed by atoms with van der Waals surface area (Å²) in [6, 6.07) is 6.30. The van der Waals surface area contributed by atoms with Crippen LogP contribution in [0.3, 0.4) is 0 Å². The Morgan fingerprint density at radius 3 is 2.81 bits per heavy atom. The second-order valence-electron chi connectivity index (χ2n) is 6.61. The van der Waals surface area contributed by atoms with Crippen LogP contribution in [0.2, 0.25) is 0 Å². The Hall–Kier alpha value is -1.60. The summed E-state index contributed by atoms with van der Waals surface area (Å²) in [6.07, 6.45) is 4.43. The highest BCUT2D eigenvalue weighted by molar-refractivity contribution is 8.02. The van der Waals surface area contributed by atoms with Crippen molar-refractivity contribution in [3.63, 3.8) is 0 Å². The van der Waals surface area contributed by atoms with Crippen LogP contribution >= 0.6 is 23.1 Å². The first-order valence-electron chi connectivity index (χ1n) is 9.23. The molecule has 5 nitrogen and oxygen atoms in total. The third kappa shape index (κ3) is 4.57. The number of amides is 1. The number of piperidine rings is 1.